The van der Waals surface area contributed by atoms with Crippen molar-refractivity contribution in [3.05, 3.63) is 90.2 Å². The normalized spacial score (nSPS) is 13.3. The van der Waals surface area contributed by atoms with Crippen LogP contribution >= 0.6 is 0 Å². The Kier molecular flexibility index (Phi) is 9.06. The average molecular weight is 679 g/mol. The predicted octanol–water partition coefficient (Wildman–Crippen LogP) is 5.78. The number of nitrogens with one attached hydrogen (secondary N) is 3. The molecule has 1 aliphatic heterocycles. The molecule has 5 aromatic rings. The van der Waals surface area contributed by atoms with Crippen molar-refractivity contribution < 1.29 is 35.9 Å². The number of carbonyl (C=O) groups excluding carboxylic acids is 1. The quantitative estimate of drug-likeness (QED) is 0.188. The lowest BCUT2D eigenvalue weighted by molar-refractivity contribution is 0.122. The fraction of sp³-hybridized carbons (Fsp3) is 0.182. The van der Waals surface area contributed by atoms with Crippen LogP contribution in [0.1, 0.15) is 0 Å². The van der Waals surface area contributed by atoms with Crippen molar-refractivity contribution in [1.82, 2.24) is 15.3 Å². The van der Waals surface area contributed by atoms with Crippen LogP contribution in [0.5, 0.6) is 5.75 Å². The number of amides is 2. The van der Waals surface area contributed by atoms with E-state index in [2.05, 4.69) is 10.6 Å². The van der Waals surface area contributed by atoms with Gasteiger partial charge in [0.15, 0.2) is 16.5 Å². The second kappa shape index (κ2) is 13.4. The number of nitrogens with zero attached hydrogens (tertiary/aromatic N) is 3. The van der Waals surface area contributed by atoms with Gasteiger partial charge in [0.1, 0.15) is 28.7 Å². The number of carbonyl (C=O) groups is 1. The van der Waals surface area contributed by atoms with E-state index in [-0.39, 0.29) is 17.3 Å². The molecule has 0 atom stereocenters. The first-order chi connectivity index (χ1) is 23.1. The van der Waals surface area contributed by atoms with Crippen molar-refractivity contribution in [2.45, 2.75) is 4.90 Å². The summed E-state index contributed by atoms with van der Waals surface area (Å²) < 4.78 is 83.8. The van der Waals surface area contributed by atoms with Gasteiger partial charge in [0.25, 0.3) is 10.0 Å². The first-order valence-electron chi connectivity index (χ1n) is 14.7. The zero-order valence-electron chi connectivity index (χ0n) is 25.7. The monoisotopic (exact) mass is 678 g/mol. The van der Waals surface area contributed by atoms with Gasteiger partial charge < -0.3 is 25.0 Å². The van der Waals surface area contributed by atoms with E-state index in [4.69, 9.17) is 19.4 Å². The number of methoxy groups -OCH3 is 1. The molecule has 0 bridgehead atoms. The number of sulfonamides is 1. The maximum atomic E-state index is 16.1. The lowest BCUT2D eigenvalue weighted by atomic mass is 10.0. The van der Waals surface area contributed by atoms with Gasteiger partial charge in [-0.05, 0) is 60.2 Å². The SMILES string of the molecule is CNC(=O)Nc1ccc(-c2nc(N3CCOCC3)c3cc(-c4cccc(NS(=O)(=O)c5c(F)cccc5F)c4F)cc(OC)c3n2)cc1. The molecule has 0 aliphatic carbocycles. The molecule has 0 radical (unpaired) electrons. The third-order valence-electron chi connectivity index (χ3n) is 7.65. The second-order valence-corrected chi connectivity index (χ2v) is 12.3. The molecule has 48 heavy (non-hydrogen) atoms. The van der Waals surface area contributed by atoms with Gasteiger partial charge in [0.2, 0.25) is 0 Å². The van der Waals surface area contributed by atoms with Gasteiger partial charge in [0, 0.05) is 42.3 Å². The van der Waals surface area contributed by atoms with Gasteiger partial charge in [-0.3, -0.25) is 4.72 Å². The van der Waals surface area contributed by atoms with Crippen molar-refractivity contribution in [1.29, 1.82) is 0 Å². The number of hydrogen-bond acceptors (Lipinski definition) is 8. The van der Waals surface area contributed by atoms with E-state index < -0.39 is 38.1 Å². The van der Waals surface area contributed by atoms with Gasteiger partial charge in [-0.15, -0.1) is 0 Å². The highest BCUT2D eigenvalue weighted by molar-refractivity contribution is 7.92. The summed E-state index contributed by atoms with van der Waals surface area (Å²) in [6.45, 7) is 1.95. The molecule has 3 N–H and O–H groups in total. The van der Waals surface area contributed by atoms with Crippen LogP contribution < -0.4 is 25.0 Å². The minimum Gasteiger partial charge on any atom is -0.494 e. The fourth-order valence-corrected chi connectivity index (χ4v) is 6.51. The molecular weight excluding hydrogens is 649 g/mol. The average Bonchev–Trinajstić information content (AvgIpc) is 3.08. The van der Waals surface area contributed by atoms with E-state index in [1.807, 2.05) is 9.62 Å². The molecule has 4 aromatic carbocycles. The van der Waals surface area contributed by atoms with Gasteiger partial charge in [-0.2, -0.15) is 0 Å². The maximum Gasteiger partial charge on any atom is 0.318 e. The van der Waals surface area contributed by atoms with Crippen LogP contribution in [0.25, 0.3) is 33.4 Å². The zero-order valence-corrected chi connectivity index (χ0v) is 26.5. The summed E-state index contributed by atoms with van der Waals surface area (Å²) >= 11 is 0. The number of hydrogen-bond donors (Lipinski definition) is 3. The number of fused-ring (bicyclic) bond motifs is 1. The van der Waals surface area contributed by atoms with Crippen molar-refractivity contribution in [2.75, 3.05) is 55.4 Å². The number of urea groups is 1. The summed E-state index contributed by atoms with van der Waals surface area (Å²) in [6, 6.07) is 16.5. The number of ether oxygens (including phenoxy) is 2. The summed E-state index contributed by atoms with van der Waals surface area (Å²) in [7, 11) is -1.88. The van der Waals surface area contributed by atoms with Crippen LogP contribution in [0.2, 0.25) is 0 Å². The van der Waals surface area contributed by atoms with E-state index in [1.165, 1.54) is 26.3 Å². The minimum absolute atomic E-state index is 0.0133. The molecule has 1 aliphatic rings. The third-order valence-corrected chi connectivity index (χ3v) is 9.06. The molecule has 248 valence electrons. The highest BCUT2D eigenvalue weighted by Gasteiger charge is 2.27. The molecule has 0 spiro atoms. The molecule has 1 saturated heterocycles. The summed E-state index contributed by atoms with van der Waals surface area (Å²) in [5, 5.41) is 5.73. The zero-order chi connectivity index (χ0) is 34.0. The van der Waals surface area contributed by atoms with Crippen molar-refractivity contribution >= 4 is 44.1 Å². The van der Waals surface area contributed by atoms with Gasteiger partial charge in [-0.1, -0.05) is 18.2 Å². The molecule has 1 aromatic heterocycles. The van der Waals surface area contributed by atoms with Gasteiger partial charge >= 0.3 is 6.03 Å². The van der Waals surface area contributed by atoms with Crippen LogP contribution in [0, 0.1) is 17.5 Å². The van der Waals surface area contributed by atoms with Crippen molar-refractivity contribution in [2.24, 2.45) is 0 Å². The summed E-state index contributed by atoms with van der Waals surface area (Å²) in [4.78, 5) is 22.2. The van der Waals surface area contributed by atoms with E-state index >= 15 is 4.39 Å². The van der Waals surface area contributed by atoms with E-state index in [9.17, 15) is 22.0 Å². The summed E-state index contributed by atoms with van der Waals surface area (Å²) in [5.74, 6) is -2.40. The predicted molar refractivity (Wildman–Crippen MR) is 175 cm³/mol. The lowest BCUT2D eigenvalue weighted by Crippen LogP contribution is -2.37. The number of anilines is 3. The third kappa shape index (κ3) is 6.41. The van der Waals surface area contributed by atoms with E-state index in [1.54, 1.807) is 36.4 Å². The minimum atomic E-state index is -4.83. The summed E-state index contributed by atoms with van der Waals surface area (Å²) in [6.07, 6.45) is 0. The maximum absolute atomic E-state index is 16.1. The molecule has 0 saturated carbocycles. The highest BCUT2D eigenvalue weighted by atomic mass is 32.2. The molecule has 11 nitrogen and oxygen atoms in total. The van der Waals surface area contributed by atoms with Crippen LogP contribution in [0.3, 0.4) is 0 Å². The van der Waals surface area contributed by atoms with Gasteiger partial charge in [0.05, 0.1) is 26.0 Å². The summed E-state index contributed by atoms with van der Waals surface area (Å²) in [5.41, 5.74) is 1.46. The Bertz CT molecular complexity index is 2110. The van der Waals surface area contributed by atoms with E-state index in [0.717, 1.165) is 24.3 Å². The molecule has 15 heteroatoms. The molecule has 2 amide bonds. The van der Waals surface area contributed by atoms with Crippen molar-refractivity contribution in [3.63, 3.8) is 0 Å². The van der Waals surface area contributed by atoms with Crippen LogP contribution in [-0.4, -0.2) is 64.9 Å². The molecule has 1 fully saturated rings. The van der Waals surface area contributed by atoms with Crippen LogP contribution in [0.15, 0.2) is 77.7 Å². The van der Waals surface area contributed by atoms with Gasteiger partial charge in [-0.25, -0.2) is 36.4 Å². The van der Waals surface area contributed by atoms with E-state index in [0.29, 0.717) is 65.7 Å². The molecule has 0 unspecified atom stereocenters. The lowest BCUT2D eigenvalue weighted by Gasteiger charge is -2.29. The van der Waals surface area contributed by atoms with Crippen molar-refractivity contribution in [3.8, 4) is 28.3 Å². The largest absolute Gasteiger partial charge is 0.494 e. The number of aromatic nitrogens is 2. The first-order valence-corrected chi connectivity index (χ1v) is 16.2. The number of benzene rings is 4. The molecule has 6 rings (SSSR count). The smallest absolute Gasteiger partial charge is 0.318 e. The first kappa shape index (κ1) is 32.5. The number of morpholine rings is 1. The molecular formula is C33H29F3N6O5S. The Labute approximate surface area is 273 Å². The van der Waals surface area contributed by atoms with Crippen LogP contribution in [-0.2, 0) is 14.8 Å². The Morgan fingerprint density at radius 3 is 2.27 bits per heavy atom. The Balaban J connectivity index is 1.46. The molecule has 2 heterocycles. The Hall–Kier alpha value is -5.41. The second-order valence-electron chi connectivity index (χ2n) is 10.6. The van der Waals surface area contributed by atoms with Crippen LogP contribution in [0.4, 0.5) is 35.2 Å². The Morgan fingerprint density at radius 2 is 1.60 bits per heavy atom. The number of halogens is 3. The standard InChI is InChI=1S/C33H29F3N6O5S/c1-37-33(43)38-21-11-9-19(10-12-21)31-39-29-23(32(40-31)42-13-15-47-16-14-42)17-20(18-27(29)46-2)22-5-3-8-26(28(22)36)41-48(44,45)30-24(34)6-4-7-25(30)35/h3-12,17-18,41H,13-16H2,1-2H3,(H2,37,38,43). The number of rotatable bonds is 8. The highest BCUT2D eigenvalue weighted by Crippen LogP contribution is 2.39. The Morgan fingerprint density at radius 1 is 0.917 bits per heavy atom. The topological polar surface area (TPSA) is 135 Å². The fourth-order valence-electron chi connectivity index (χ4n) is 5.31.